The molecular weight excluding hydrogens is 186 g/mol. The van der Waals surface area contributed by atoms with Crippen molar-refractivity contribution >= 4 is 22.6 Å². The van der Waals surface area contributed by atoms with Gasteiger partial charge in [-0.2, -0.15) is 0 Å². The molecule has 0 bridgehead atoms. The summed E-state index contributed by atoms with van der Waals surface area (Å²) in [5.74, 6) is 0.449. The lowest BCUT2D eigenvalue weighted by Gasteiger charge is -1.97. The van der Waals surface area contributed by atoms with E-state index in [9.17, 15) is 0 Å². The van der Waals surface area contributed by atoms with Crippen molar-refractivity contribution in [3.63, 3.8) is 0 Å². The van der Waals surface area contributed by atoms with Crippen molar-refractivity contribution in [1.29, 1.82) is 0 Å². The molecular formula is C9H10ClN3. The molecule has 2 aromatic heterocycles. The van der Waals surface area contributed by atoms with Crippen LogP contribution in [0.5, 0.6) is 0 Å². The number of hydrogen-bond donors (Lipinski definition) is 1. The monoisotopic (exact) mass is 195 g/mol. The van der Waals surface area contributed by atoms with E-state index < -0.39 is 0 Å². The number of H-pyrrole nitrogens is 1. The Bertz CT molecular complexity index is 433. The number of aromatic amines is 1. The fourth-order valence-corrected chi connectivity index (χ4v) is 1.43. The quantitative estimate of drug-likeness (QED) is 0.711. The number of fused-ring (bicyclic) bond motifs is 1. The third-order valence-corrected chi connectivity index (χ3v) is 2.32. The van der Waals surface area contributed by atoms with Crippen LogP contribution in [0.3, 0.4) is 0 Å². The molecule has 3 nitrogen and oxygen atoms in total. The molecule has 0 unspecified atom stereocenters. The molecule has 0 spiro atoms. The molecule has 0 aliphatic rings. The van der Waals surface area contributed by atoms with E-state index in [-0.39, 0.29) is 0 Å². The smallest absolute Gasteiger partial charge is 0.142 e. The lowest BCUT2D eigenvalue weighted by atomic mass is 10.1. The first-order valence-electron chi connectivity index (χ1n) is 4.17. The third kappa shape index (κ3) is 1.40. The zero-order chi connectivity index (χ0) is 9.42. The van der Waals surface area contributed by atoms with E-state index >= 15 is 0 Å². The Balaban J connectivity index is 2.68. The Hall–Kier alpha value is -1.09. The van der Waals surface area contributed by atoms with Gasteiger partial charge in [-0.3, -0.25) is 0 Å². The molecule has 2 aromatic rings. The molecule has 0 aliphatic heterocycles. The second-order valence-electron chi connectivity index (χ2n) is 3.31. The Labute approximate surface area is 81.2 Å². The first-order valence-corrected chi connectivity index (χ1v) is 4.55. The summed E-state index contributed by atoms with van der Waals surface area (Å²) in [5.41, 5.74) is 1.95. The second kappa shape index (κ2) is 3.00. The van der Waals surface area contributed by atoms with Crippen LogP contribution in [0.25, 0.3) is 11.0 Å². The van der Waals surface area contributed by atoms with Crippen molar-refractivity contribution in [1.82, 2.24) is 15.0 Å². The summed E-state index contributed by atoms with van der Waals surface area (Å²) in [6.45, 7) is 4.23. The van der Waals surface area contributed by atoms with Crippen molar-refractivity contribution in [2.75, 3.05) is 0 Å². The molecule has 68 valence electrons. The molecule has 0 saturated carbocycles. The van der Waals surface area contributed by atoms with Gasteiger partial charge in [0.1, 0.15) is 17.1 Å². The summed E-state index contributed by atoms with van der Waals surface area (Å²) in [6, 6.07) is 2.00. The predicted octanol–water partition coefficient (Wildman–Crippen LogP) is 2.73. The Kier molecular flexibility index (Phi) is 1.96. The van der Waals surface area contributed by atoms with E-state index in [4.69, 9.17) is 11.6 Å². The summed E-state index contributed by atoms with van der Waals surface area (Å²) in [4.78, 5) is 11.2. The van der Waals surface area contributed by atoms with Gasteiger partial charge >= 0.3 is 0 Å². The average molecular weight is 196 g/mol. The minimum atomic E-state index is 0.449. The third-order valence-electron chi connectivity index (χ3n) is 2.02. The van der Waals surface area contributed by atoms with Crippen LogP contribution in [0.4, 0.5) is 0 Å². The van der Waals surface area contributed by atoms with Crippen LogP contribution in [0.1, 0.15) is 25.5 Å². The van der Waals surface area contributed by atoms with Crippen molar-refractivity contribution in [3.8, 4) is 0 Å². The SMILES string of the molecule is CC(C)c1cc2c(Cl)ncnc2[nH]1. The van der Waals surface area contributed by atoms with Gasteiger partial charge in [-0.25, -0.2) is 9.97 Å². The molecule has 0 amide bonds. The normalized spacial score (nSPS) is 11.4. The first kappa shape index (κ1) is 8.51. The Morgan fingerprint density at radius 1 is 1.38 bits per heavy atom. The number of rotatable bonds is 1. The van der Waals surface area contributed by atoms with Crippen LogP contribution in [-0.2, 0) is 0 Å². The highest BCUT2D eigenvalue weighted by atomic mass is 35.5. The number of nitrogens with zero attached hydrogens (tertiary/aromatic N) is 2. The van der Waals surface area contributed by atoms with Crippen molar-refractivity contribution in [2.24, 2.45) is 0 Å². The minimum absolute atomic E-state index is 0.449. The van der Waals surface area contributed by atoms with E-state index in [1.54, 1.807) is 0 Å². The van der Waals surface area contributed by atoms with Crippen LogP contribution in [0.15, 0.2) is 12.4 Å². The largest absolute Gasteiger partial charge is 0.343 e. The van der Waals surface area contributed by atoms with Crippen molar-refractivity contribution in [2.45, 2.75) is 19.8 Å². The average Bonchev–Trinajstić information content (AvgIpc) is 2.49. The maximum atomic E-state index is 5.90. The fourth-order valence-electron chi connectivity index (χ4n) is 1.24. The number of aromatic nitrogens is 3. The molecule has 0 aliphatic carbocycles. The molecule has 0 radical (unpaired) electrons. The molecule has 2 rings (SSSR count). The number of halogens is 1. The van der Waals surface area contributed by atoms with E-state index in [1.807, 2.05) is 6.07 Å². The molecule has 0 saturated heterocycles. The van der Waals surface area contributed by atoms with Gasteiger partial charge in [-0.1, -0.05) is 25.4 Å². The van der Waals surface area contributed by atoms with Crippen molar-refractivity contribution in [3.05, 3.63) is 23.2 Å². The highest BCUT2D eigenvalue weighted by Crippen LogP contribution is 2.23. The van der Waals surface area contributed by atoms with E-state index in [0.29, 0.717) is 11.1 Å². The molecule has 4 heteroatoms. The van der Waals surface area contributed by atoms with E-state index in [0.717, 1.165) is 16.7 Å². The zero-order valence-corrected chi connectivity index (χ0v) is 8.26. The van der Waals surface area contributed by atoms with Gasteiger partial charge < -0.3 is 4.98 Å². The van der Waals surface area contributed by atoms with Crippen LogP contribution in [-0.4, -0.2) is 15.0 Å². The maximum Gasteiger partial charge on any atom is 0.142 e. The van der Waals surface area contributed by atoms with Crippen molar-refractivity contribution < 1.29 is 0 Å². The van der Waals surface area contributed by atoms with E-state index in [1.165, 1.54) is 6.33 Å². The molecule has 0 atom stereocenters. The fraction of sp³-hybridized carbons (Fsp3) is 0.333. The Morgan fingerprint density at radius 3 is 2.77 bits per heavy atom. The topological polar surface area (TPSA) is 41.6 Å². The Morgan fingerprint density at radius 2 is 2.15 bits per heavy atom. The first-order chi connectivity index (χ1) is 6.18. The van der Waals surface area contributed by atoms with Gasteiger partial charge in [0.05, 0.1) is 5.39 Å². The van der Waals surface area contributed by atoms with Crippen LogP contribution in [0, 0.1) is 0 Å². The van der Waals surface area contributed by atoms with Gasteiger partial charge in [-0.15, -0.1) is 0 Å². The second-order valence-corrected chi connectivity index (χ2v) is 3.66. The lowest BCUT2D eigenvalue weighted by molar-refractivity contribution is 0.835. The summed E-state index contributed by atoms with van der Waals surface area (Å²) in [7, 11) is 0. The van der Waals surface area contributed by atoms with Gasteiger partial charge in [0.25, 0.3) is 0 Å². The summed E-state index contributed by atoms with van der Waals surface area (Å²) < 4.78 is 0. The number of nitrogens with one attached hydrogen (secondary N) is 1. The van der Waals surface area contributed by atoms with Crippen LogP contribution < -0.4 is 0 Å². The lowest BCUT2D eigenvalue weighted by Crippen LogP contribution is -1.85. The highest BCUT2D eigenvalue weighted by Gasteiger charge is 2.07. The standard InChI is InChI=1S/C9H10ClN3/c1-5(2)7-3-6-8(10)11-4-12-9(6)13-7/h3-5H,1-2H3,(H,11,12,13). The molecule has 2 heterocycles. The zero-order valence-electron chi connectivity index (χ0n) is 7.50. The molecule has 0 aromatic carbocycles. The summed E-state index contributed by atoms with van der Waals surface area (Å²) >= 11 is 5.90. The molecule has 13 heavy (non-hydrogen) atoms. The van der Waals surface area contributed by atoms with Gasteiger partial charge in [0.2, 0.25) is 0 Å². The molecule has 0 fully saturated rings. The predicted molar refractivity (Wildman–Crippen MR) is 53.0 cm³/mol. The van der Waals surface area contributed by atoms with E-state index in [2.05, 4.69) is 28.8 Å². The van der Waals surface area contributed by atoms with Gasteiger partial charge in [-0.05, 0) is 12.0 Å². The minimum Gasteiger partial charge on any atom is -0.343 e. The van der Waals surface area contributed by atoms with Crippen LogP contribution >= 0.6 is 11.6 Å². The summed E-state index contributed by atoms with van der Waals surface area (Å²) in [5, 5.41) is 1.40. The van der Waals surface area contributed by atoms with Crippen LogP contribution in [0.2, 0.25) is 5.15 Å². The summed E-state index contributed by atoms with van der Waals surface area (Å²) in [6.07, 6.45) is 1.46. The molecule has 1 N–H and O–H groups in total. The van der Waals surface area contributed by atoms with Gasteiger partial charge in [0, 0.05) is 5.69 Å². The number of hydrogen-bond acceptors (Lipinski definition) is 2. The van der Waals surface area contributed by atoms with Gasteiger partial charge in [0.15, 0.2) is 0 Å². The highest BCUT2D eigenvalue weighted by molar-refractivity contribution is 6.33. The maximum absolute atomic E-state index is 5.90.